The zero-order valence-electron chi connectivity index (χ0n) is 9.74. The summed E-state index contributed by atoms with van der Waals surface area (Å²) in [6, 6.07) is 0. The highest BCUT2D eigenvalue weighted by Crippen LogP contribution is 2.29. The number of aliphatic hydroxyl groups is 2. The molecular formula is C10H12N4O5. The Kier molecular flexibility index (Phi) is 2.73. The maximum atomic E-state index is 11.5. The molecule has 9 heteroatoms. The summed E-state index contributed by atoms with van der Waals surface area (Å²) < 4.78 is 6.91. The van der Waals surface area contributed by atoms with Crippen molar-refractivity contribution in [2.75, 3.05) is 6.61 Å². The molecule has 19 heavy (non-hydrogen) atoms. The number of aliphatic hydroxyl groups excluding tert-OH is 2. The zero-order chi connectivity index (χ0) is 13.6. The Labute approximate surface area is 105 Å². The Morgan fingerprint density at radius 1 is 1.47 bits per heavy atom. The standard InChI is InChI=1S/C10H12N4O5/c15-2-5-4(16)1-6(19-5)14-3-11-7-8(14)12-10(18)13-9(7)17/h3-6,15-16H,1-2H2,(H2,12,13,17,18)/t4-,5?,6+/m0/s1. The van der Waals surface area contributed by atoms with Crippen LogP contribution in [0.25, 0.3) is 11.2 Å². The van der Waals surface area contributed by atoms with Crippen molar-refractivity contribution < 1.29 is 14.9 Å². The van der Waals surface area contributed by atoms with Crippen LogP contribution in [0.4, 0.5) is 0 Å². The molecule has 1 fully saturated rings. The topological polar surface area (TPSA) is 133 Å². The first-order valence-electron chi connectivity index (χ1n) is 5.73. The second-order valence-electron chi connectivity index (χ2n) is 4.37. The van der Waals surface area contributed by atoms with Crippen LogP contribution in [0, 0.1) is 0 Å². The average Bonchev–Trinajstić information content (AvgIpc) is 2.92. The maximum Gasteiger partial charge on any atom is 0.327 e. The first kappa shape index (κ1) is 12.1. The van der Waals surface area contributed by atoms with Crippen molar-refractivity contribution in [3.63, 3.8) is 0 Å². The average molecular weight is 268 g/mol. The summed E-state index contributed by atoms with van der Waals surface area (Å²) in [5, 5.41) is 18.7. The lowest BCUT2D eigenvalue weighted by Crippen LogP contribution is -2.24. The maximum absolute atomic E-state index is 11.5. The summed E-state index contributed by atoms with van der Waals surface area (Å²) >= 11 is 0. The van der Waals surface area contributed by atoms with Gasteiger partial charge in [-0.3, -0.25) is 19.3 Å². The van der Waals surface area contributed by atoms with E-state index in [4.69, 9.17) is 9.84 Å². The van der Waals surface area contributed by atoms with E-state index in [1.807, 2.05) is 0 Å². The number of rotatable bonds is 2. The predicted molar refractivity (Wildman–Crippen MR) is 62.6 cm³/mol. The second-order valence-corrected chi connectivity index (χ2v) is 4.37. The second kappa shape index (κ2) is 4.30. The van der Waals surface area contributed by atoms with E-state index in [0.717, 1.165) is 0 Å². The van der Waals surface area contributed by atoms with Gasteiger partial charge in [-0.15, -0.1) is 0 Å². The van der Waals surface area contributed by atoms with Crippen molar-refractivity contribution in [1.29, 1.82) is 0 Å². The van der Waals surface area contributed by atoms with Gasteiger partial charge in [0.15, 0.2) is 5.52 Å². The number of nitrogens with zero attached hydrogens (tertiary/aromatic N) is 2. The van der Waals surface area contributed by atoms with Crippen LogP contribution < -0.4 is 11.2 Å². The van der Waals surface area contributed by atoms with Crippen LogP contribution in [-0.2, 0) is 4.74 Å². The van der Waals surface area contributed by atoms with Crippen LogP contribution >= 0.6 is 0 Å². The molecule has 1 unspecified atom stereocenters. The number of hydrogen-bond acceptors (Lipinski definition) is 6. The predicted octanol–water partition coefficient (Wildman–Crippen LogP) is -1.95. The minimum atomic E-state index is -0.804. The van der Waals surface area contributed by atoms with Crippen molar-refractivity contribution in [3.8, 4) is 0 Å². The zero-order valence-corrected chi connectivity index (χ0v) is 9.74. The van der Waals surface area contributed by atoms with Gasteiger partial charge in [-0.25, -0.2) is 9.78 Å². The molecule has 2 aromatic heterocycles. The van der Waals surface area contributed by atoms with E-state index in [1.165, 1.54) is 10.9 Å². The fraction of sp³-hybridized carbons (Fsp3) is 0.500. The summed E-state index contributed by atoms with van der Waals surface area (Å²) in [7, 11) is 0. The molecule has 0 aromatic carbocycles. The van der Waals surface area contributed by atoms with Crippen LogP contribution in [0.3, 0.4) is 0 Å². The largest absolute Gasteiger partial charge is 0.394 e. The lowest BCUT2D eigenvalue weighted by molar-refractivity contribution is -0.0432. The normalized spacial score (nSPS) is 27.2. The molecule has 9 nitrogen and oxygen atoms in total. The van der Waals surface area contributed by atoms with E-state index >= 15 is 0 Å². The molecule has 102 valence electrons. The van der Waals surface area contributed by atoms with E-state index < -0.39 is 29.7 Å². The van der Waals surface area contributed by atoms with E-state index in [0.29, 0.717) is 0 Å². The highest BCUT2D eigenvalue weighted by molar-refractivity contribution is 5.68. The first-order valence-corrected chi connectivity index (χ1v) is 5.73. The lowest BCUT2D eigenvalue weighted by Gasteiger charge is -2.13. The van der Waals surface area contributed by atoms with Crippen LogP contribution in [0.1, 0.15) is 12.6 Å². The first-order chi connectivity index (χ1) is 9.10. The molecule has 4 N–H and O–H groups in total. The number of hydrogen-bond donors (Lipinski definition) is 4. The molecule has 3 atom stereocenters. The van der Waals surface area contributed by atoms with Gasteiger partial charge in [0, 0.05) is 6.42 Å². The van der Waals surface area contributed by atoms with Gasteiger partial charge in [-0.05, 0) is 0 Å². The summed E-state index contributed by atoms with van der Waals surface area (Å²) in [5.41, 5.74) is -0.916. The lowest BCUT2D eigenvalue weighted by atomic mass is 10.2. The Morgan fingerprint density at radius 2 is 2.26 bits per heavy atom. The van der Waals surface area contributed by atoms with E-state index in [-0.39, 0.29) is 24.2 Å². The fourth-order valence-electron chi connectivity index (χ4n) is 2.22. The molecule has 3 heterocycles. The number of fused-ring (bicyclic) bond motifs is 1. The minimum Gasteiger partial charge on any atom is -0.394 e. The van der Waals surface area contributed by atoms with Crippen molar-refractivity contribution in [3.05, 3.63) is 27.2 Å². The van der Waals surface area contributed by atoms with E-state index in [1.54, 1.807) is 0 Å². The third-order valence-electron chi connectivity index (χ3n) is 3.16. The fourth-order valence-corrected chi connectivity index (χ4v) is 2.22. The Morgan fingerprint density at radius 3 is 2.95 bits per heavy atom. The molecule has 2 aromatic rings. The number of H-pyrrole nitrogens is 2. The Bertz CT molecular complexity index is 717. The molecule has 0 amide bonds. The summed E-state index contributed by atoms with van der Waals surface area (Å²) in [6.07, 6.45) is -0.481. The minimum absolute atomic E-state index is 0.0881. The smallest absolute Gasteiger partial charge is 0.327 e. The van der Waals surface area contributed by atoms with Crippen molar-refractivity contribution in [2.45, 2.75) is 24.9 Å². The van der Waals surface area contributed by atoms with E-state index in [2.05, 4.69) is 15.0 Å². The van der Waals surface area contributed by atoms with Crippen molar-refractivity contribution >= 4 is 11.2 Å². The number of ether oxygens (including phenoxy) is 1. The summed E-state index contributed by atoms with van der Waals surface area (Å²) in [4.78, 5) is 31.2. The molecule has 1 aliphatic heterocycles. The van der Waals surface area contributed by atoms with Gasteiger partial charge in [0.2, 0.25) is 0 Å². The van der Waals surface area contributed by atoms with Crippen molar-refractivity contribution in [1.82, 2.24) is 19.5 Å². The Balaban J connectivity index is 2.07. The Hall–Kier alpha value is -1.97. The monoisotopic (exact) mass is 268 g/mol. The van der Waals surface area contributed by atoms with Gasteiger partial charge in [0.05, 0.1) is 19.0 Å². The van der Waals surface area contributed by atoms with Gasteiger partial charge in [0.1, 0.15) is 18.0 Å². The molecule has 0 saturated carbocycles. The van der Waals surface area contributed by atoms with E-state index in [9.17, 15) is 14.7 Å². The molecule has 0 aliphatic carbocycles. The third kappa shape index (κ3) is 1.87. The van der Waals surface area contributed by atoms with Gasteiger partial charge in [0.25, 0.3) is 5.56 Å². The number of imidazole rings is 1. The van der Waals surface area contributed by atoms with Gasteiger partial charge >= 0.3 is 5.69 Å². The SMILES string of the molecule is O=c1[nH]c(=O)c2ncn([C@H]3C[C@H](O)C(CO)O3)c2[nH]1. The molecule has 0 radical (unpaired) electrons. The highest BCUT2D eigenvalue weighted by atomic mass is 16.5. The molecule has 3 rings (SSSR count). The molecule has 0 spiro atoms. The summed E-state index contributed by atoms with van der Waals surface area (Å²) in [5.74, 6) is 0. The summed E-state index contributed by atoms with van der Waals surface area (Å²) in [6.45, 7) is -0.304. The van der Waals surface area contributed by atoms with Crippen LogP contribution in [-0.4, -0.2) is 48.5 Å². The number of aromatic nitrogens is 4. The van der Waals surface area contributed by atoms with Crippen LogP contribution in [0.5, 0.6) is 0 Å². The van der Waals surface area contributed by atoms with Crippen LogP contribution in [0.2, 0.25) is 0 Å². The van der Waals surface area contributed by atoms with Gasteiger partial charge in [-0.1, -0.05) is 0 Å². The molecule has 0 bridgehead atoms. The number of nitrogens with one attached hydrogen (secondary N) is 2. The number of aromatic amines is 2. The molecular weight excluding hydrogens is 256 g/mol. The molecule has 1 saturated heterocycles. The quantitative estimate of drug-likeness (QED) is 0.500. The van der Waals surface area contributed by atoms with Gasteiger partial charge < -0.3 is 14.9 Å². The highest BCUT2D eigenvalue weighted by Gasteiger charge is 2.35. The van der Waals surface area contributed by atoms with Crippen molar-refractivity contribution in [2.24, 2.45) is 0 Å². The van der Waals surface area contributed by atoms with Crippen LogP contribution in [0.15, 0.2) is 15.9 Å². The third-order valence-corrected chi connectivity index (χ3v) is 3.16. The molecule has 1 aliphatic rings. The van der Waals surface area contributed by atoms with Gasteiger partial charge in [-0.2, -0.15) is 0 Å².